The minimum absolute atomic E-state index is 0. The highest BCUT2D eigenvalue weighted by Crippen LogP contribution is 2.34. The van der Waals surface area contributed by atoms with Gasteiger partial charge in [0, 0.05) is 6.54 Å². The Bertz CT molecular complexity index is 223. The van der Waals surface area contributed by atoms with Gasteiger partial charge in [-0.3, -0.25) is 0 Å². The fraction of sp³-hybridized carbons (Fsp3) is 1.00. The third-order valence-electron chi connectivity index (χ3n) is 4.79. The van der Waals surface area contributed by atoms with Crippen LogP contribution in [0.4, 0.5) is 0 Å². The molecule has 0 aromatic heterocycles. The quantitative estimate of drug-likeness (QED) is 0.832. The summed E-state index contributed by atoms with van der Waals surface area (Å²) in [6.45, 7) is 13.7. The van der Waals surface area contributed by atoms with E-state index in [1.807, 2.05) is 0 Å². The first-order valence-corrected chi connectivity index (χ1v) is 7.49. The lowest BCUT2D eigenvalue weighted by Gasteiger charge is -2.40. The molecule has 0 aromatic rings. The Kier molecular flexibility index (Phi) is 6.43. The Labute approximate surface area is 119 Å². The monoisotopic (exact) mass is 274 g/mol. The molecule has 0 atom stereocenters. The fourth-order valence-corrected chi connectivity index (χ4v) is 3.41. The second-order valence-electron chi connectivity index (χ2n) is 7.13. The van der Waals surface area contributed by atoms with Gasteiger partial charge in [-0.1, -0.05) is 20.8 Å². The van der Waals surface area contributed by atoms with Crippen LogP contribution in [0.5, 0.6) is 0 Å². The molecular formula is C15H31ClN2. The van der Waals surface area contributed by atoms with Gasteiger partial charge >= 0.3 is 0 Å². The van der Waals surface area contributed by atoms with E-state index >= 15 is 0 Å². The highest BCUT2D eigenvalue weighted by Gasteiger charge is 2.29. The first-order chi connectivity index (χ1) is 8.05. The van der Waals surface area contributed by atoms with Gasteiger partial charge in [-0.2, -0.15) is 0 Å². The molecule has 0 amide bonds. The maximum Gasteiger partial charge on any atom is 0.00106 e. The zero-order valence-electron chi connectivity index (χ0n) is 12.4. The molecule has 2 heterocycles. The molecule has 0 radical (unpaired) electrons. The molecule has 2 fully saturated rings. The summed E-state index contributed by atoms with van der Waals surface area (Å²) < 4.78 is 0. The van der Waals surface area contributed by atoms with Crippen LogP contribution in [-0.2, 0) is 0 Å². The number of piperidine rings is 2. The predicted molar refractivity (Wildman–Crippen MR) is 81.5 cm³/mol. The van der Waals surface area contributed by atoms with Crippen molar-refractivity contribution in [1.29, 1.82) is 0 Å². The van der Waals surface area contributed by atoms with Crippen molar-refractivity contribution < 1.29 is 0 Å². The summed E-state index contributed by atoms with van der Waals surface area (Å²) in [5.41, 5.74) is 0.515. The molecule has 3 heteroatoms. The number of halogens is 1. The minimum atomic E-state index is 0. The third kappa shape index (κ3) is 4.71. The van der Waals surface area contributed by atoms with Crippen molar-refractivity contribution in [3.8, 4) is 0 Å². The van der Waals surface area contributed by atoms with Gasteiger partial charge in [0.2, 0.25) is 0 Å². The van der Waals surface area contributed by atoms with E-state index in [4.69, 9.17) is 0 Å². The number of nitrogens with zero attached hydrogens (tertiary/aromatic N) is 1. The second kappa shape index (κ2) is 7.12. The van der Waals surface area contributed by atoms with Gasteiger partial charge < -0.3 is 10.2 Å². The third-order valence-corrected chi connectivity index (χ3v) is 4.79. The van der Waals surface area contributed by atoms with Crippen LogP contribution in [-0.4, -0.2) is 37.6 Å². The Morgan fingerprint density at radius 1 is 1.00 bits per heavy atom. The lowest BCUT2D eigenvalue weighted by atomic mass is 9.75. The number of rotatable bonds is 2. The topological polar surface area (TPSA) is 15.3 Å². The van der Waals surface area contributed by atoms with Crippen LogP contribution < -0.4 is 5.32 Å². The molecule has 2 nitrogen and oxygen atoms in total. The first-order valence-electron chi connectivity index (χ1n) is 7.49. The first kappa shape index (κ1) is 16.3. The fourth-order valence-electron chi connectivity index (χ4n) is 3.41. The molecule has 108 valence electrons. The SMILES string of the molecule is CC(C)(C)C1CCN(CC2CCNCC2)CC1.Cl. The van der Waals surface area contributed by atoms with E-state index in [0.29, 0.717) is 5.41 Å². The van der Waals surface area contributed by atoms with Crippen LogP contribution in [0.25, 0.3) is 0 Å². The highest BCUT2D eigenvalue weighted by atomic mass is 35.5. The van der Waals surface area contributed by atoms with Crippen LogP contribution in [0.2, 0.25) is 0 Å². The number of likely N-dealkylation sites (tertiary alicyclic amines) is 1. The van der Waals surface area contributed by atoms with E-state index in [1.165, 1.54) is 58.4 Å². The molecule has 0 spiro atoms. The molecule has 0 saturated carbocycles. The summed E-state index contributed by atoms with van der Waals surface area (Å²) in [6.07, 6.45) is 5.60. The van der Waals surface area contributed by atoms with Crippen molar-refractivity contribution in [2.45, 2.75) is 46.5 Å². The number of hydrogen-bond donors (Lipinski definition) is 1. The number of nitrogens with one attached hydrogen (secondary N) is 1. The van der Waals surface area contributed by atoms with Crippen molar-refractivity contribution in [2.75, 3.05) is 32.7 Å². The summed E-state index contributed by atoms with van der Waals surface area (Å²) >= 11 is 0. The summed E-state index contributed by atoms with van der Waals surface area (Å²) in [5, 5.41) is 3.46. The molecule has 18 heavy (non-hydrogen) atoms. The van der Waals surface area contributed by atoms with Gasteiger partial charge in [0.1, 0.15) is 0 Å². The summed E-state index contributed by atoms with van der Waals surface area (Å²) in [6, 6.07) is 0. The zero-order chi connectivity index (χ0) is 12.3. The van der Waals surface area contributed by atoms with Gasteiger partial charge in [0.15, 0.2) is 0 Å². The summed E-state index contributed by atoms with van der Waals surface area (Å²) in [7, 11) is 0. The standard InChI is InChI=1S/C15H30N2.ClH/c1-15(2,3)14-6-10-17(11-7-14)12-13-4-8-16-9-5-13;/h13-14,16H,4-12H2,1-3H3;1H. The maximum atomic E-state index is 3.46. The van der Waals surface area contributed by atoms with E-state index in [1.54, 1.807) is 0 Å². The van der Waals surface area contributed by atoms with E-state index in [2.05, 4.69) is 31.0 Å². The Hall–Kier alpha value is 0.210. The minimum Gasteiger partial charge on any atom is -0.317 e. The van der Waals surface area contributed by atoms with Gasteiger partial charge in [-0.15, -0.1) is 12.4 Å². The molecule has 2 rings (SSSR count). The Morgan fingerprint density at radius 3 is 2.06 bits per heavy atom. The Balaban J connectivity index is 0.00000162. The van der Waals surface area contributed by atoms with Crippen LogP contribution in [0.1, 0.15) is 46.5 Å². The van der Waals surface area contributed by atoms with Gasteiger partial charge in [0.05, 0.1) is 0 Å². The lowest BCUT2D eigenvalue weighted by Crippen LogP contribution is -2.42. The van der Waals surface area contributed by atoms with E-state index in [0.717, 1.165) is 11.8 Å². The van der Waals surface area contributed by atoms with Crippen molar-refractivity contribution >= 4 is 12.4 Å². The highest BCUT2D eigenvalue weighted by molar-refractivity contribution is 5.85. The molecule has 0 aliphatic carbocycles. The summed E-state index contributed by atoms with van der Waals surface area (Å²) in [5.74, 6) is 1.90. The zero-order valence-corrected chi connectivity index (χ0v) is 13.2. The Morgan fingerprint density at radius 2 is 1.56 bits per heavy atom. The molecule has 1 N–H and O–H groups in total. The molecule has 0 bridgehead atoms. The normalized spacial score (nSPS) is 24.8. The lowest BCUT2D eigenvalue weighted by molar-refractivity contribution is 0.0961. The van der Waals surface area contributed by atoms with Crippen molar-refractivity contribution in [2.24, 2.45) is 17.3 Å². The maximum absolute atomic E-state index is 3.46. The molecular weight excluding hydrogens is 244 g/mol. The summed E-state index contributed by atoms with van der Waals surface area (Å²) in [4.78, 5) is 2.72. The second-order valence-corrected chi connectivity index (χ2v) is 7.13. The van der Waals surface area contributed by atoms with E-state index in [-0.39, 0.29) is 12.4 Å². The van der Waals surface area contributed by atoms with Crippen LogP contribution in [0.3, 0.4) is 0 Å². The van der Waals surface area contributed by atoms with E-state index < -0.39 is 0 Å². The van der Waals surface area contributed by atoms with Crippen molar-refractivity contribution in [3.63, 3.8) is 0 Å². The van der Waals surface area contributed by atoms with Crippen molar-refractivity contribution in [1.82, 2.24) is 10.2 Å². The molecule has 2 aliphatic rings. The number of hydrogen-bond acceptors (Lipinski definition) is 2. The average Bonchev–Trinajstić information content (AvgIpc) is 2.30. The van der Waals surface area contributed by atoms with Gasteiger partial charge in [-0.05, 0) is 69.1 Å². The molecule has 2 saturated heterocycles. The molecule has 2 aliphatic heterocycles. The molecule has 0 aromatic carbocycles. The smallest absolute Gasteiger partial charge is 0.00106 e. The van der Waals surface area contributed by atoms with Crippen LogP contribution in [0, 0.1) is 17.3 Å². The average molecular weight is 275 g/mol. The van der Waals surface area contributed by atoms with Crippen LogP contribution in [0.15, 0.2) is 0 Å². The predicted octanol–water partition coefficient (Wildman–Crippen LogP) is 3.17. The molecule has 0 unspecified atom stereocenters. The van der Waals surface area contributed by atoms with Gasteiger partial charge in [-0.25, -0.2) is 0 Å². The van der Waals surface area contributed by atoms with Crippen LogP contribution >= 0.6 is 12.4 Å². The van der Waals surface area contributed by atoms with Crippen molar-refractivity contribution in [3.05, 3.63) is 0 Å². The van der Waals surface area contributed by atoms with Gasteiger partial charge in [0.25, 0.3) is 0 Å². The van der Waals surface area contributed by atoms with E-state index in [9.17, 15) is 0 Å². The largest absolute Gasteiger partial charge is 0.317 e.